The zero-order valence-electron chi connectivity index (χ0n) is 14.5. The normalized spacial score (nSPS) is 11.2. The number of carbonyl (C=O) groups excluding carboxylic acids is 1. The van der Waals surface area contributed by atoms with E-state index < -0.39 is 10.9 Å². The summed E-state index contributed by atoms with van der Waals surface area (Å²) in [4.78, 5) is 42.6. The van der Waals surface area contributed by atoms with Crippen LogP contribution < -0.4 is 5.56 Å². The van der Waals surface area contributed by atoms with E-state index in [1.165, 1.54) is 12.1 Å². The molecule has 8 nitrogen and oxygen atoms in total. The van der Waals surface area contributed by atoms with Crippen LogP contribution in [-0.2, 0) is 4.74 Å². The van der Waals surface area contributed by atoms with Crippen LogP contribution in [0, 0.1) is 17.0 Å². The number of hydrogen-bond donors (Lipinski definition) is 1. The van der Waals surface area contributed by atoms with Crippen molar-refractivity contribution in [3.63, 3.8) is 0 Å². The fourth-order valence-electron chi connectivity index (χ4n) is 2.55. The number of carbonyl (C=O) groups is 1. The van der Waals surface area contributed by atoms with Gasteiger partial charge in [-0.2, -0.15) is 0 Å². The lowest BCUT2D eigenvalue weighted by molar-refractivity contribution is -0.384. The summed E-state index contributed by atoms with van der Waals surface area (Å²) in [6.45, 7) is 3.64. The van der Waals surface area contributed by atoms with Crippen LogP contribution in [0.2, 0.25) is 0 Å². The molecule has 138 valence electrons. The molecule has 3 aromatic rings. The fourth-order valence-corrected chi connectivity index (χ4v) is 3.63. The number of ether oxygens (including phenoxy) is 1. The van der Waals surface area contributed by atoms with Crippen molar-refractivity contribution < 1.29 is 14.5 Å². The van der Waals surface area contributed by atoms with Crippen molar-refractivity contribution in [3.05, 3.63) is 66.6 Å². The molecule has 0 aliphatic rings. The molecule has 2 heterocycles. The number of nitrogens with zero attached hydrogens (tertiary/aromatic N) is 2. The highest BCUT2D eigenvalue weighted by Gasteiger charge is 2.19. The average molecular weight is 385 g/mol. The SMILES string of the molecule is CCOC(=O)c1sc2nc(/C=C/c3cccc([N+](=O)[O-])c3)[nH]c(=O)c2c1C. The van der Waals surface area contributed by atoms with Crippen molar-refractivity contribution in [2.24, 2.45) is 0 Å². The Kier molecular flexibility index (Phi) is 5.13. The predicted molar refractivity (Wildman–Crippen MR) is 103 cm³/mol. The average Bonchev–Trinajstić information content (AvgIpc) is 2.97. The zero-order chi connectivity index (χ0) is 19.6. The van der Waals surface area contributed by atoms with E-state index in [0.717, 1.165) is 11.3 Å². The summed E-state index contributed by atoms with van der Waals surface area (Å²) in [5.74, 6) is -0.193. The molecule has 0 bridgehead atoms. The summed E-state index contributed by atoms with van der Waals surface area (Å²) >= 11 is 1.10. The van der Waals surface area contributed by atoms with Crippen molar-refractivity contribution in [1.29, 1.82) is 0 Å². The summed E-state index contributed by atoms with van der Waals surface area (Å²) < 4.78 is 5.01. The van der Waals surface area contributed by atoms with Gasteiger partial charge in [-0.1, -0.05) is 18.2 Å². The van der Waals surface area contributed by atoms with Crippen LogP contribution in [0.3, 0.4) is 0 Å². The Hall–Kier alpha value is -3.33. The van der Waals surface area contributed by atoms with Gasteiger partial charge in [-0.25, -0.2) is 9.78 Å². The maximum Gasteiger partial charge on any atom is 0.348 e. The van der Waals surface area contributed by atoms with Crippen LogP contribution >= 0.6 is 11.3 Å². The molecule has 27 heavy (non-hydrogen) atoms. The number of thiophene rings is 1. The van der Waals surface area contributed by atoms with E-state index in [1.54, 1.807) is 38.1 Å². The first kappa shape index (κ1) is 18.5. The Labute approximate surface area is 157 Å². The van der Waals surface area contributed by atoms with Crippen LogP contribution in [0.4, 0.5) is 5.69 Å². The van der Waals surface area contributed by atoms with Crippen LogP contribution in [-0.4, -0.2) is 27.5 Å². The van der Waals surface area contributed by atoms with Crippen molar-refractivity contribution in [1.82, 2.24) is 9.97 Å². The Balaban J connectivity index is 1.99. The van der Waals surface area contributed by atoms with Gasteiger partial charge in [-0.15, -0.1) is 11.3 Å². The van der Waals surface area contributed by atoms with Crippen molar-refractivity contribution >= 4 is 45.4 Å². The van der Waals surface area contributed by atoms with Gasteiger partial charge in [0.15, 0.2) is 0 Å². The summed E-state index contributed by atoms with van der Waals surface area (Å²) in [5.41, 5.74) is 0.753. The maximum atomic E-state index is 12.4. The summed E-state index contributed by atoms with van der Waals surface area (Å²) in [6.07, 6.45) is 3.17. The molecule has 0 unspecified atom stereocenters. The zero-order valence-corrected chi connectivity index (χ0v) is 15.3. The molecule has 0 radical (unpaired) electrons. The molecule has 0 saturated heterocycles. The first-order chi connectivity index (χ1) is 12.9. The molecule has 0 saturated carbocycles. The van der Waals surface area contributed by atoms with Crippen molar-refractivity contribution in [2.45, 2.75) is 13.8 Å². The molecule has 0 fully saturated rings. The molecule has 1 aromatic carbocycles. The van der Waals surface area contributed by atoms with Crippen molar-refractivity contribution in [2.75, 3.05) is 6.61 Å². The number of aromatic amines is 1. The molecule has 0 spiro atoms. The number of nitrogens with one attached hydrogen (secondary N) is 1. The van der Waals surface area contributed by atoms with Crippen LogP contribution in [0.25, 0.3) is 22.4 Å². The minimum absolute atomic E-state index is 0.0259. The third kappa shape index (κ3) is 3.77. The molecule has 2 aromatic heterocycles. The third-order valence-electron chi connectivity index (χ3n) is 3.79. The molecule has 0 aliphatic carbocycles. The number of nitro benzene ring substituents is 1. The van der Waals surface area contributed by atoms with Gasteiger partial charge in [-0.3, -0.25) is 14.9 Å². The van der Waals surface area contributed by atoms with Crippen LogP contribution in [0.5, 0.6) is 0 Å². The first-order valence-corrected chi connectivity index (χ1v) is 8.85. The number of esters is 1. The van der Waals surface area contributed by atoms with E-state index in [0.29, 0.717) is 26.2 Å². The largest absolute Gasteiger partial charge is 0.462 e. The highest BCUT2D eigenvalue weighted by atomic mass is 32.1. The number of nitro groups is 1. The first-order valence-electron chi connectivity index (χ1n) is 8.03. The van der Waals surface area contributed by atoms with E-state index in [-0.39, 0.29) is 23.7 Å². The van der Waals surface area contributed by atoms with Gasteiger partial charge >= 0.3 is 5.97 Å². The number of hydrogen-bond acceptors (Lipinski definition) is 7. The molecule has 0 amide bonds. The highest BCUT2D eigenvalue weighted by molar-refractivity contribution is 7.20. The second kappa shape index (κ2) is 7.50. The second-order valence-electron chi connectivity index (χ2n) is 5.59. The summed E-state index contributed by atoms with van der Waals surface area (Å²) in [5, 5.41) is 11.2. The van der Waals surface area contributed by atoms with E-state index in [9.17, 15) is 19.7 Å². The Morgan fingerprint density at radius 3 is 2.89 bits per heavy atom. The lowest BCUT2D eigenvalue weighted by atomic mass is 10.2. The Morgan fingerprint density at radius 1 is 1.41 bits per heavy atom. The Bertz CT molecular complexity index is 1130. The van der Waals surface area contributed by atoms with E-state index in [2.05, 4.69) is 9.97 Å². The number of benzene rings is 1. The smallest absolute Gasteiger partial charge is 0.348 e. The van der Waals surface area contributed by atoms with Gasteiger partial charge in [0.2, 0.25) is 0 Å². The van der Waals surface area contributed by atoms with Gasteiger partial charge in [0, 0.05) is 12.1 Å². The molecule has 1 N–H and O–H groups in total. The number of aromatic nitrogens is 2. The number of non-ortho nitro benzene ring substituents is 1. The number of aryl methyl sites for hydroxylation is 1. The predicted octanol–water partition coefficient (Wildman–Crippen LogP) is 3.55. The highest BCUT2D eigenvalue weighted by Crippen LogP contribution is 2.27. The van der Waals surface area contributed by atoms with Gasteiger partial charge in [0.05, 0.1) is 16.9 Å². The van der Waals surface area contributed by atoms with E-state index in [1.807, 2.05) is 0 Å². The van der Waals surface area contributed by atoms with Gasteiger partial charge in [0.25, 0.3) is 11.2 Å². The van der Waals surface area contributed by atoms with E-state index >= 15 is 0 Å². The van der Waals surface area contributed by atoms with Gasteiger partial charge in [-0.05, 0) is 31.1 Å². The number of H-pyrrole nitrogens is 1. The molecular weight excluding hydrogens is 370 g/mol. The maximum absolute atomic E-state index is 12.4. The standard InChI is InChI=1S/C18H15N3O5S/c1-3-26-18(23)15-10(2)14-16(22)19-13(20-17(14)27-15)8-7-11-5-4-6-12(9-11)21(24)25/h4-9H,3H2,1-2H3,(H,19,20,22)/b8-7+. The quantitative estimate of drug-likeness (QED) is 0.408. The van der Waals surface area contributed by atoms with E-state index in [4.69, 9.17) is 4.74 Å². The van der Waals surface area contributed by atoms with Crippen molar-refractivity contribution in [3.8, 4) is 0 Å². The number of fused-ring (bicyclic) bond motifs is 1. The molecule has 3 rings (SSSR count). The summed E-state index contributed by atoms with van der Waals surface area (Å²) in [7, 11) is 0. The Morgan fingerprint density at radius 2 is 2.19 bits per heavy atom. The monoisotopic (exact) mass is 385 g/mol. The number of rotatable bonds is 5. The topological polar surface area (TPSA) is 115 Å². The lowest BCUT2D eigenvalue weighted by Crippen LogP contribution is -2.10. The molecular formula is C18H15N3O5S. The second-order valence-corrected chi connectivity index (χ2v) is 6.59. The van der Waals surface area contributed by atoms with Gasteiger partial charge in [0.1, 0.15) is 15.5 Å². The molecule has 0 atom stereocenters. The molecule has 0 aliphatic heterocycles. The molecule has 9 heteroatoms. The fraction of sp³-hybridized carbons (Fsp3) is 0.167. The summed E-state index contributed by atoms with van der Waals surface area (Å²) in [6, 6.07) is 6.09. The minimum Gasteiger partial charge on any atom is -0.462 e. The van der Waals surface area contributed by atoms with Crippen LogP contribution in [0.1, 0.15) is 33.5 Å². The minimum atomic E-state index is -0.480. The van der Waals surface area contributed by atoms with Crippen LogP contribution in [0.15, 0.2) is 29.1 Å². The lowest BCUT2D eigenvalue weighted by Gasteiger charge is -1.98. The van der Waals surface area contributed by atoms with Gasteiger partial charge < -0.3 is 9.72 Å². The third-order valence-corrected chi connectivity index (χ3v) is 4.96.